The minimum Gasteiger partial charge on any atom is -0.495 e. The second-order valence-electron chi connectivity index (χ2n) is 4.20. The number of carbonyl (C=O) groups is 1. The van der Waals surface area contributed by atoms with Crippen LogP contribution >= 0.6 is 0 Å². The average molecular weight is 310 g/mol. The molecule has 2 aromatic rings. The number of amides is 1. The maximum absolute atomic E-state index is 11.7. The largest absolute Gasteiger partial charge is 0.495 e. The van der Waals surface area contributed by atoms with E-state index >= 15 is 0 Å². The molecule has 1 heterocycles. The molecular weight excluding hydrogens is 296 g/mol. The Labute approximate surface area is 121 Å². The Kier molecular flexibility index (Phi) is 4.24. The number of H-pyrrole nitrogens is 1. The number of sulfonamides is 1. The molecule has 0 radical (unpaired) electrons. The fourth-order valence-electron chi connectivity index (χ4n) is 1.71. The van der Waals surface area contributed by atoms with E-state index in [1.807, 2.05) is 0 Å². The van der Waals surface area contributed by atoms with Crippen molar-refractivity contribution < 1.29 is 17.9 Å². The van der Waals surface area contributed by atoms with Crippen LogP contribution in [0, 0.1) is 0 Å². The number of carbonyl (C=O) groups excluding carboxylic acids is 1. The highest BCUT2D eigenvalue weighted by molar-refractivity contribution is 7.89. The molecule has 0 atom stereocenters. The number of rotatable bonds is 5. The summed E-state index contributed by atoms with van der Waals surface area (Å²) in [6, 6.07) is 4.49. The number of nitrogens with one attached hydrogen (secondary N) is 2. The van der Waals surface area contributed by atoms with Crippen LogP contribution in [0.25, 0.3) is 0 Å². The number of hydrogen-bond acceptors (Lipinski definition) is 5. The molecule has 112 valence electrons. The van der Waals surface area contributed by atoms with Gasteiger partial charge in [-0.2, -0.15) is 5.10 Å². The molecule has 1 aromatic carbocycles. The van der Waals surface area contributed by atoms with Gasteiger partial charge in [0, 0.05) is 12.7 Å². The van der Waals surface area contributed by atoms with Crippen LogP contribution in [0.15, 0.2) is 35.5 Å². The van der Waals surface area contributed by atoms with Crippen molar-refractivity contribution in [3.05, 3.63) is 41.7 Å². The van der Waals surface area contributed by atoms with Crippen LogP contribution in [0.1, 0.15) is 15.9 Å². The van der Waals surface area contributed by atoms with Gasteiger partial charge < -0.3 is 10.1 Å². The zero-order valence-corrected chi connectivity index (χ0v) is 12.0. The summed E-state index contributed by atoms with van der Waals surface area (Å²) < 4.78 is 27.9. The Bertz CT molecular complexity index is 741. The predicted molar refractivity (Wildman–Crippen MR) is 74.1 cm³/mol. The number of ether oxygens (including phenoxy) is 1. The van der Waals surface area contributed by atoms with Crippen molar-refractivity contribution in [3.63, 3.8) is 0 Å². The minimum absolute atomic E-state index is 0.125. The highest BCUT2D eigenvalue weighted by Gasteiger charge is 2.16. The highest BCUT2D eigenvalue weighted by Crippen LogP contribution is 2.23. The van der Waals surface area contributed by atoms with Crippen molar-refractivity contribution >= 4 is 15.9 Å². The zero-order valence-electron chi connectivity index (χ0n) is 11.2. The molecule has 4 N–H and O–H groups in total. The summed E-state index contributed by atoms with van der Waals surface area (Å²) in [6.07, 6.45) is 2.85. The quantitative estimate of drug-likeness (QED) is 0.716. The third-order valence-electron chi connectivity index (χ3n) is 2.75. The Morgan fingerprint density at radius 2 is 2.24 bits per heavy atom. The summed E-state index contributed by atoms with van der Waals surface area (Å²) in [7, 11) is -2.55. The summed E-state index contributed by atoms with van der Waals surface area (Å²) in [5.41, 5.74) is 0.965. The molecule has 0 spiro atoms. The molecule has 0 fully saturated rings. The smallest absolute Gasteiger partial charge is 0.254 e. The second kappa shape index (κ2) is 5.94. The van der Waals surface area contributed by atoms with Gasteiger partial charge in [0.1, 0.15) is 10.6 Å². The molecule has 9 heteroatoms. The Hall–Kier alpha value is -2.39. The van der Waals surface area contributed by atoms with E-state index in [1.54, 1.807) is 6.07 Å². The molecule has 0 unspecified atom stereocenters. The van der Waals surface area contributed by atoms with Crippen LogP contribution in [-0.2, 0) is 16.6 Å². The van der Waals surface area contributed by atoms with Crippen LogP contribution in [0.5, 0.6) is 5.75 Å². The first-order valence-corrected chi connectivity index (χ1v) is 7.43. The maximum atomic E-state index is 11.7. The highest BCUT2D eigenvalue weighted by atomic mass is 32.2. The fourth-order valence-corrected chi connectivity index (χ4v) is 2.46. The third kappa shape index (κ3) is 3.58. The van der Waals surface area contributed by atoms with Gasteiger partial charge in [-0.3, -0.25) is 9.89 Å². The molecule has 0 aliphatic carbocycles. The zero-order chi connectivity index (χ0) is 15.5. The van der Waals surface area contributed by atoms with E-state index < -0.39 is 10.0 Å². The number of methoxy groups -OCH3 is 1. The number of aromatic nitrogens is 2. The van der Waals surface area contributed by atoms with Gasteiger partial charge in [0.05, 0.1) is 18.9 Å². The van der Waals surface area contributed by atoms with E-state index in [4.69, 9.17) is 9.88 Å². The normalized spacial score (nSPS) is 11.1. The summed E-state index contributed by atoms with van der Waals surface area (Å²) in [5.74, 6) is -0.167. The fraction of sp³-hybridized carbons (Fsp3) is 0.167. The maximum Gasteiger partial charge on any atom is 0.254 e. The van der Waals surface area contributed by atoms with Gasteiger partial charge in [-0.25, -0.2) is 13.6 Å². The Morgan fingerprint density at radius 3 is 2.81 bits per heavy atom. The summed E-state index contributed by atoms with van der Waals surface area (Å²) in [6.45, 7) is 0.149. The molecule has 1 aromatic heterocycles. The second-order valence-corrected chi connectivity index (χ2v) is 5.73. The van der Waals surface area contributed by atoms with Crippen LogP contribution < -0.4 is 15.2 Å². The monoisotopic (exact) mass is 310 g/mol. The van der Waals surface area contributed by atoms with Gasteiger partial charge in [-0.1, -0.05) is 6.07 Å². The standard InChI is InChI=1S/C12H14N4O4S/c1-20-10-3-2-8(4-11(10)21(13,18)19)5-14-12(17)9-6-15-16-7-9/h2-4,6-7H,5H2,1H3,(H,14,17)(H,15,16)(H2,13,18,19). The van der Waals surface area contributed by atoms with E-state index in [2.05, 4.69) is 15.5 Å². The summed E-state index contributed by atoms with van der Waals surface area (Å²) >= 11 is 0. The summed E-state index contributed by atoms with van der Waals surface area (Å²) in [4.78, 5) is 11.6. The average Bonchev–Trinajstić information content (AvgIpc) is 2.97. The van der Waals surface area contributed by atoms with Crippen molar-refractivity contribution in [2.24, 2.45) is 5.14 Å². The topological polar surface area (TPSA) is 127 Å². The van der Waals surface area contributed by atoms with Crippen LogP contribution in [0.4, 0.5) is 0 Å². The molecule has 21 heavy (non-hydrogen) atoms. The van der Waals surface area contributed by atoms with Crippen LogP contribution in [-0.4, -0.2) is 31.6 Å². The molecule has 0 bridgehead atoms. The minimum atomic E-state index is -3.90. The number of primary sulfonamides is 1. The molecule has 0 saturated heterocycles. The van der Waals surface area contributed by atoms with E-state index in [0.717, 1.165) is 0 Å². The third-order valence-corrected chi connectivity index (χ3v) is 3.68. The van der Waals surface area contributed by atoms with Crippen molar-refractivity contribution in [3.8, 4) is 5.75 Å². The van der Waals surface area contributed by atoms with Crippen molar-refractivity contribution in [1.82, 2.24) is 15.5 Å². The molecule has 2 rings (SSSR count). The van der Waals surface area contributed by atoms with Crippen molar-refractivity contribution in [1.29, 1.82) is 0 Å². The van der Waals surface area contributed by atoms with Crippen LogP contribution in [0.3, 0.4) is 0 Å². The Balaban J connectivity index is 2.16. The van der Waals surface area contributed by atoms with Gasteiger partial charge in [0.2, 0.25) is 10.0 Å². The molecule has 1 amide bonds. The number of nitrogens with zero attached hydrogens (tertiary/aromatic N) is 1. The number of aromatic amines is 1. The van der Waals surface area contributed by atoms with Gasteiger partial charge in [0.25, 0.3) is 5.91 Å². The number of nitrogens with two attached hydrogens (primary N) is 1. The molecule has 0 saturated carbocycles. The molecule has 0 aliphatic heterocycles. The predicted octanol–water partition coefficient (Wildman–Crippen LogP) is -0.00430. The first-order chi connectivity index (χ1) is 9.91. The molecular formula is C12H14N4O4S. The van der Waals surface area contributed by atoms with E-state index in [1.165, 1.54) is 31.6 Å². The van der Waals surface area contributed by atoms with E-state index in [9.17, 15) is 13.2 Å². The SMILES string of the molecule is COc1ccc(CNC(=O)c2cn[nH]c2)cc1S(N)(=O)=O. The number of hydrogen-bond donors (Lipinski definition) is 3. The van der Waals surface area contributed by atoms with E-state index in [0.29, 0.717) is 11.1 Å². The van der Waals surface area contributed by atoms with E-state index in [-0.39, 0.29) is 23.1 Å². The van der Waals surface area contributed by atoms with Gasteiger partial charge in [0.15, 0.2) is 0 Å². The molecule has 0 aliphatic rings. The first kappa shape index (κ1) is 15.0. The van der Waals surface area contributed by atoms with Gasteiger partial charge >= 0.3 is 0 Å². The lowest BCUT2D eigenvalue weighted by Gasteiger charge is -2.09. The molecule has 8 nitrogen and oxygen atoms in total. The summed E-state index contributed by atoms with van der Waals surface area (Å²) in [5, 5.41) is 14.0. The van der Waals surface area contributed by atoms with Gasteiger partial charge in [-0.05, 0) is 17.7 Å². The van der Waals surface area contributed by atoms with Crippen LogP contribution in [0.2, 0.25) is 0 Å². The number of benzene rings is 1. The lowest BCUT2D eigenvalue weighted by atomic mass is 10.2. The van der Waals surface area contributed by atoms with Crippen molar-refractivity contribution in [2.45, 2.75) is 11.4 Å². The van der Waals surface area contributed by atoms with Crippen molar-refractivity contribution in [2.75, 3.05) is 7.11 Å². The first-order valence-electron chi connectivity index (χ1n) is 5.88. The lowest BCUT2D eigenvalue weighted by Crippen LogP contribution is -2.22. The van der Waals surface area contributed by atoms with Gasteiger partial charge in [-0.15, -0.1) is 0 Å². The Morgan fingerprint density at radius 1 is 1.48 bits per heavy atom. The lowest BCUT2D eigenvalue weighted by molar-refractivity contribution is 0.0951.